The van der Waals surface area contributed by atoms with E-state index < -0.39 is 35.2 Å². The largest absolute Gasteiger partial charge is 0.382 e. The maximum atomic E-state index is 15.0. The number of anilines is 2. The zero-order chi connectivity index (χ0) is 24.0. The van der Waals surface area contributed by atoms with Gasteiger partial charge in [-0.05, 0) is 49.7 Å². The molecule has 4 aromatic rings. The average Bonchev–Trinajstić information content (AvgIpc) is 3.06. The minimum Gasteiger partial charge on any atom is -0.382 e. The first-order chi connectivity index (χ1) is 15.6. The Bertz CT molecular complexity index is 1410. The van der Waals surface area contributed by atoms with Crippen molar-refractivity contribution in [2.45, 2.75) is 20.0 Å². The SMILES string of the molecule is Cc1nc(N)c2c(n1)c(C)nn2-c1ccc(NC(=O)[C@H](O)c2cc(F)cc(Cl)c2)c(F)c1F. The maximum Gasteiger partial charge on any atom is 0.257 e. The van der Waals surface area contributed by atoms with Crippen molar-refractivity contribution < 1.29 is 23.1 Å². The van der Waals surface area contributed by atoms with Crippen LogP contribution in [-0.2, 0) is 4.79 Å². The molecule has 2 heterocycles. The number of halogens is 4. The lowest BCUT2D eigenvalue weighted by Crippen LogP contribution is -2.22. The van der Waals surface area contributed by atoms with Crippen molar-refractivity contribution in [3.05, 3.63) is 69.9 Å². The summed E-state index contributed by atoms with van der Waals surface area (Å²) in [5.41, 5.74) is 5.97. The maximum absolute atomic E-state index is 15.0. The van der Waals surface area contributed by atoms with Crippen LogP contribution in [0.1, 0.15) is 23.2 Å². The highest BCUT2D eigenvalue weighted by atomic mass is 35.5. The lowest BCUT2D eigenvalue weighted by molar-refractivity contribution is -0.124. The van der Waals surface area contributed by atoms with Gasteiger partial charge in [-0.2, -0.15) is 5.10 Å². The van der Waals surface area contributed by atoms with Gasteiger partial charge in [0.25, 0.3) is 5.91 Å². The lowest BCUT2D eigenvalue weighted by Gasteiger charge is -2.14. The molecule has 0 aliphatic rings. The summed E-state index contributed by atoms with van der Waals surface area (Å²) in [5.74, 6) is -4.20. The number of aliphatic hydroxyl groups is 1. The molecule has 170 valence electrons. The third-order valence-corrected chi connectivity index (χ3v) is 5.04. The Morgan fingerprint density at radius 3 is 2.58 bits per heavy atom. The van der Waals surface area contributed by atoms with E-state index in [1.54, 1.807) is 13.8 Å². The molecule has 0 fully saturated rings. The van der Waals surface area contributed by atoms with Crippen molar-refractivity contribution in [1.82, 2.24) is 19.7 Å². The summed E-state index contributed by atoms with van der Waals surface area (Å²) < 4.78 is 44.4. The van der Waals surface area contributed by atoms with Crippen LogP contribution in [0.4, 0.5) is 24.7 Å². The number of benzene rings is 2. The van der Waals surface area contributed by atoms with E-state index >= 15 is 0 Å². The van der Waals surface area contributed by atoms with Gasteiger partial charge in [-0.3, -0.25) is 4.79 Å². The van der Waals surface area contributed by atoms with Crippen molar-refractivity contribution >= 4 is 40.0 Å². The number of nitrogens with one attached hydrogen (secondary N) is 1. The summed E-state index contributed by atoms with van der Waals surface area (Å²) in [6.07, 6.45) is -1.88. The number of carbonyl (C=O) groups is 1. The number of nitrogens with two attached hydrogens (primary N) is 1. The monoisotopic (exact) mass is 476 g/mol. The standard InChI is InChI=1S/C21H16ClF3N6O2/c1-8-17-18(20(26)28-9(2)27-17)31(30-8)14-4-3-13(15(24)16(14)25)29-21(33)19(32)10-5-11(22)7-12(23)6-10/h3-7,19,32H,1-2H3,(H,29,33)(H2,26,27,28)/t19-/m1/s1. The van der Waals surface area contributed by atoms with Crippen molar-refractivity contribution in [1.29, 1.82) is 0 Å². The fourth-order valence-electron chi connectivity index (χ4n) is 3.36. The Balaban J connectivity index is 1.69. The summed E-state index contributed by atoms with van der Waals surface area (Å²) >= 11 is 5.73. The van der Waals surface area contributed by atoms with Crippen molar-refractivity contribution in [3.8, 4) is 5.69 Å². The summed E-state index contributed by atoms with van der Waals surface area (Å²) in [7, 11) is 0. The number of nitrogens with zero attached hydrogens (tertiary/aromatic N) is 4. The Labute approximate surface area is 189 Å². The first-order valence-electron chi connectivity index (χ1n) is 9.49. The number of carbonyl (C=O) groups excluding carboxylic acids is 1. The van der Waals surface area contributed by atoms with Gasteiger partial charge < -0.3 is 16.2 Å². The van der Waals surface area contributed by atoms with Crippen LogP contribution in [-0.4, -0.2) is 30.8 Å². The first-order valence-corrected chi connectivity index (χ1v) is 9.87. The topological polar surface area (TPSA) is 119 Å². The van der Waals surface area contributed by atoms with E-state index in [2.05, 4.69) is 20.4 Å². The molecule has 1 amide bonds. The van der Waals surface area contributed by atoms with Crippen LogP contribution in [0.2, 0.25) is 5.02 Å². The number of fused-ring (bicyclic) bond motifs is 1. The van der Waals surface area contributed by atoms with Crippen molar-refractivity contribution in [2.75, 3.05) is 11.1 Å². The highest BCUT2D eigenvalue weighted by Gasteiger charge is 2.24. The predicted octanol–water partition coefficient (Wildman–Crippen LogP) is 3.76. The number of aryl methyl sites for hydroxylation is 2. The number of rotatable bonds is 4. The van der Waals surface area contributed by atoms with E-state index in [1.807, 2.05) is 0 Å². The third kappa shape index (κ3) is 4.08. The Kier molecular flexibility index (Phi) is 5.68. The van der Waals surface area contributed by atoms with E-state index in [9.17, 15) is 23.1 Å². The quantitative estimate of drug-likeness (QED) is 0.412. The summed E-state index contributed by atoms with van der Waals surface area (Å²) in [5, 5.41) is 16.4. The van der Waals surface area contributed by atoms with Gasteiger partial charge in [-0.25, -0.2) is 27.8 Å². The van der Waals surface area contributed by atoms with Crippen LogP contribution < -0.4 is 11.1 Å². The molecule has 8 nitrogen and oxygen atoms in total. The first kappa shape index (κ1) is 22.5. The van der Waals surface area contributed by atoms with Crippen LogP contribution in [0.25, 0.3) is 16.7 Å². The zero-order valence-electron chi connectivity index (χ0n) is 17.2. The number of aliphatic hydroxyl groups excluding tert-OH is 1. The third-order valence-electron chi connectivity index (χ3n) is 4.82. The van der Waals surface area contributed by atoms with Crippen molar-refractivity contribution in [2.24, 2.45) is 0 Å². The van der Waals surface area contributed by atoms with Gasteiger partial charge in [0.2, 0.25) is 0 Å². The molecule has 0 saturated carbocycles. The minimum absolute atomic E-state index is 0.0344. The lowest BCUT2D eigenvalue weighted by atomic mass is 10.1. The molecule has 12 heteroatoms. The van der Waals surface area contributed by atoms with E-state index in [0.717, 1.165) is 22.9 Å². The highest BCUT2D eigenvalue weighted by Crippen LogP contribution is 2.29. The van der Waals surface area contributed by atoms with Gasteiger partial charge in [0.15, 0.2) is 23.6 Å². The van der Waals surface area contributed by atoms with Crippen LogP contribution in [0.3, 0.4) is 0 Å². The number of amides is 1. The zero-order valence-corrected chi connectivity index (χ0v) is 18.0. The van der Waals surface area contributed by atoms with Crippen molar-refractivity contribution in [3.63, 3.8) is 0 Å². The molecule has 0 spiro atoms. The Hall–Kier alpha value is -3.70. The molecule has 0 saturated heterocycles. The second kappa shape index (κ2) is 8.34. The van der Waals surface area contributed by atoms with Gasteiger partial charge in [-0.15, -0.1) is 0 Å². The van der Waals surface area contributed by atoms with E-state index in [4.69, 9.17) is 17.3 Å². The van der Waals surface area contributed by atoms with Gasteiger partial charge in [0.1, 0.15) is 28.4 Å². The highest BCUT2D eigenvalue weighted by molar-refractivity contribution is 6.30. The second-order valence-corrected chi connectivity index (χ2v) is 7.64. The number of hydrogen-bond acceptors (Lipinski definition) is 6. The molecule has 4 rings (SSSR count). The molecule has 1 atom stereocenters. The smallest absolute Gasteiger partial charge is 0.257 e. The summed E-state index contributed by atoms with van der Waals surface area (Å²) in [6, 6.07) is 5.32. The molecule has 2 aromatic carbocycles. The second-order valence-electron chi connectivity index (χ2n) is 7.21. The molecule has 0 bridgehead atoms. The van der Waals surface area contributed by atoms with E-state index in [-0.39, 0.29) is 27.6 Å². The number of aromatic nitrogens is 4. The molecular formula is C21H16ClF3N6O2. The molecule has 0 unspecified atom stereocenters. The Morgan fingerprint density at radius 2 is 1.88 bits per heavy atom. The minimum atomic E-state index is -1.88. The normalized spacial score (nSPS) is 12.2. The Morgan fingerprint density at radius 1 is 1.15 bits per heavy atom. The summed E-state index contributed by atoms with van der Waals surface area (Å²) in [4.78, 5) is 20.6. The molecule has 4 N–H and O–H groups in total. The molecule has 0 radical (unpaired) electrons. The number of nitrogen functional groups attached to an aromatic ring is 1. The molecule has 33 heavy (non-hydrogen) atoms. The molecule has 0 aliphatic heterocycles. The molecule has 0 aliphatic carbocycles. The van der Waals surface area contributed by atoms with Crippen LogP contribution in [0, 0.1) is 31.3 Å². The van der Waals surface area contributed by atoms with Crippen LogP contribution in [0.15, 0.2) is 30.3 Å². The molecular weight excluding hydrogens is 461 g/mol. The van der Waals surface area contributed by atoms with Crippen LogP contribution >= 0.6 is 11.6 Å². The number of hydrogen-bond donors (Lipinski definition) is 3. The van der Waals surface area contributed by atoms with Gasteiger partial charge in [-0.1, -0.05) is 11.6 Å². The van der Waals surface area contributed by atoms with Gasteiger partial charge in [0.05, 0.1) is 11.4 Å². The fraction of sp³-hybridized carbons (Fsp3) is 0.143. The molecule has 2 aromatic heterocycles. The van der Waals surface area contributed by atoms with Gasteiger partial charge in [0, 0.05) is 5.02 Å². The van der Waals surface area contributed by atoms with Crippen LogP contribution in [0.5, 0.6) is 0 Å². The van der Waals surface area contributed by atoms with E-state index in [0.29, 0.717) is 17.0 Å². The van der Waals surface area contributed by atoms with E-state index in [1.165, 1.54) is 12.1 Å². The average molecular weight is 477 g/mol. The predicted molar refractivity (Wildman–Crippen MR) is 115 cm³/mol. The fourth-order valence-corrected chi connectivity index (χ4v) is 3.59. The summed E-state index contributed by atoms with van der Waals surface area (Å²) in [6.45, 7) is 3.27. The van der Waals surface area contributed by atoms with Gasteiger partial charge >= 0.3 is 0 Å².